The van der Waals surface area contributed by atoms with Crippen LogP contribution in [0.4, 0.5) is 4.39 Å². The highest BCUT2D eigenvalue weighted by Gasteiger charge is 2.24. The summed E-state index contributed by atoms with van der Waals surface area (Å²) in [5.41, 5.74) is 1.96. The summed E-state index contributed by atoms with van der Waals surface area (Å²) in [6.45, 7) is 2.23. The third-order valence-corrected chi connectivity index (χ3v) is 4.22. The van der Waals surface area contributed by atoms with Gasteiger partial charge in [0.2, 0.25) is 5.95 Å². The molecule has 0 aliphatic carbocycles. The second-order valence-corrected chi connectivity index (χ2v) is 5.80. The molecule has 0 radical (unpaired) electrons. The molecule has 1 atom stereocenters. The molecule has 6 heteroatoms. The molecule has 3 rings (SSSR count). The molecule has 1 aliphatic heterocycles. The van der Waals surface area contributed by atoms with Crippen molar-refractivity contribution in [2.75, 3.05) is 19.7 Å². The van der Waals surface area contributed by atoms with Crippen LogP contribution in [0.3, 0.4) is 0 Å². The van der Waals surface area contributed by atoms with E-state index in [-0.39, 0.29) is 6.10 Å². The second-order valence-electron chi connectivity index (χ2n) is 5.39. The van der Waals surface area contributed by atoms with E-state index in [0.717, 1.165) is 5.56 Å². The molecule has 4 nitrogen and oxygen atoms in total. The first-order chi connectivity index (χ1) is 11.2. The normalized spacial score (nSPS) is 18.6. The molecular formula is C17H15ClFN3O. The molecule has 1 saturated heterocycles. The fourth-order valence-electron chi connectivity index (χ4n) is 2.67. The number of rotatable bonds is 3. The lowest BCUT2D eigenvalue weighted by molar-refractivity contribution is -0.0332. The van der Waals surface area contributed by atoms with Gasteiger partial charge in [-0.05, 0) is 23.8 Å². The minimum atomic E-state index is -0.535. The topological polar surface area (TPSA) is 49.2 Å². The summed E-state index contributed by atoms with van der Waals surface area (Å²) in [6.07, 6.45) is 1.21. The maximum absolute atomic E-state index is 13.8. The van der Waals surface area contributed by atoms with Gasteiger partial charge in [0.25, 0.3) is 0 Å². The summed E-state index contributed by atoms with van der Waals surface area (Å²) < 4.78 is 19.6. The average Bonchev–Trinajstić information content (AvgIpc) is 2.59. The Morgan fingerprint density at radius 1 is 1.43 bits per heavy atom. The molecule has 1 aromatic heterocycles. The number of aromatic nitrogens is 1. The minimum Gasteiger partial charge on any atom is -0.371 e. The van der Waals surface area contributed by atoms with Crippen LogP contribution in [-0.4, -0.2) is 29.6 Å². The smallest absolute Gasteiger partial charge is 0.218 e. The molecule has 23 heavy (non-hydrogen) atoms. The third kappa shape index (κ3) is 3.67. The standard InChI is InChI=1S/C17H15ClFN3O/c18-15-4-5-21-17(19)14(15)10-22-6-7-23-16(11-22)13-3-1-2-12(8-13)9-20/h1-5,8,16H,6-7,10-11H2. The van der Waals surface area contributed by atoms with E-state index in [1.807, 2.05) is 18.2 Å². The monoisotopic (exact) mass is 331 g/mol. The van der Waals surface area contributed by atoms with Crippen molar-refractivity contribution < 1.29 is 9.13 Å². The number of benzene rings is 1. The predicted molar refractivity (Wildman–Crippen MR) is 84.3 cm³/mol. The Kier molecular flexibility index (Phi) is 4.87. The highest BCUT2D eigenvalue weighted by Crippen LogP contribution is 2.26. The van der Waals surface area contributed by atoms with Gasteiger partial charge in [-0.2, -0.15) is 9.65 Å². The van der Waals surface area contributed by atoms with Crippen molar-refractivity contribution in [3.8, 4) is 6.07 Å². The first-order valence-corrected chi connectivity index (χ1v) is 7.68. The maximum atomic E-state index is 13.8. The number of morpholine rings is 1. The van der Waals surface area contributed by atoms with Gasteiger partial charge >= 0.3 is 0 Å². The summed E-state index contributed by atoms with van der Waals surface area (Å²) in [4.78, 5) is 5.74. The van der Waals surface area contributed by atoms with E-state index in [1.54, 1.807) is 12.1 Å². The zero-order valence-corrected chi connectivity index (χ0v) is 13.1. The van der Waals surface area contributed by atoms with E-state index in [2.05, 4.69) is 16.0 Å². The van der Waals surface area contributed by atoms with Crippen LogP contribution in [0.15, 0.2) is 36.5 Å². The third-order valence-electron chi connectivity index (χ3n) is 3.87. The molecular weight excluding hydrogens is 317 g/mol. The summed E-state index contributed by atoms with van der Waals surface area (Å²) in [5.74, 6) is -0.535. The molecule has 0 N–H and O–H groups in total. The van der Waals surface area contributed by atoms with Crippen molar-refractivity contribution in [3.05, 3.63) is 64.2 Å². The molecule has 1 aliphatic rings. The van der Waals surface area contributed by atoms with Gasteiger partial charge in [0.15, 0.2) is 0 Å². The van der Waals surface area contributed by atoms with Crippen LogP contribution in [0.5, 0.6) is 0 Å². The van der Waals surface area contributed by atoms with E-state index in [9.17, 15) is 4.39 Å². The number of hydrogen-bond donors (Lipinski definition) is 0. The molecule has 2 heterocycles. The van der Waals surface area contributed by atoms with E-state index in [4.69, 9.17) is 21.6 Å². The van der Waals surface area contributed by atoms with Crippen LogP contribution in [-0.2, 0) is 11.3 Å². The van der Waals surface area contributed by atoms with E-state index in [0.29, 0.717) is 42.4 Å². The molecule has 0 bridgehead atoms. The van der Waals surface area contributed by atoms with Gasteiger partial charge in [-0.3, -0.25) is 4.90 Å². The zero-order chi connectivity index (χ0) is 16.2. The molecule has 0 spiro atoms. The number of nitriles is 1. The van der Waals surface area contributed by atoms with Crippen LogP contribution < -0.4 is 0 Å². The lowest BCUT2D eigenvalue weighted by atomic mass is 10.0. The number of nitrogens with zero attached hydrogens (tertiary/aromatic N) is 3. The molecule has 118 valence electrons. The van der Waals surface area contributed by atoms with Crippen LogP contribution in [0.25, 0.3) is 0 Å². The fourth-order valence-corrected chi connectivity index (χ4v) is 2.86. The van der Waals surface area contributed by atoms with E-state index in [1.165, 1.54) is 6.20 Å². The van der Waals surface area contributed by atoms with Crippen LogP contribution in [0.1, 0.15) is 22.8 Å². The van der Waals surface area contributed by atoms with Crippen molar-refractivity contribution in [2.45, 2.75) is 12.6 Å². The maximum Gasteiger partial charge on any atom is 0.218 e. The van der Waals surface area contributed by atoms with Gasteiger partial charge in [0.05, 0.1) is 29.4 Å². The Labute approximate surface area is 139 Å². The first-order valence-electron chi connectivity index (χ1n) is 7.30. The highest BCUT2D eigenvalue weighted by atomic mass is 35.5. The van der Waals surface area contributed by atoms with Gasteiger partial charge < -0.3 is 4.74 Å². The van der Waals surface area contributed by atoms with Gasteiger partial charge in [0, 0.05) is 31.4 Å². The van der Waals surface area contributed by atoms with Crippen LogP contribution in [0, 0.1) is 17.3 Å². The number of hydrogen-bond acceptors (Lipinski definition) is 4. The largest absolute Gasteiger partial charge is 0.371 e. The molecule has 1 unspecified atom stereocenters. The Morgan fingerprint density at radius 2 is 2.30 bits per heavy atom. The summed E-state index contributed by atoms with van der Waals surface area (Å²) >= 11 is 6.07. The predicted octanol–water partition coefficient (Wildman–Crippen LogP) is 3.32. The van der Waals surface area contributed by atoms with Gasteiger partial charge in [-0.25, -0.2) is 4.98 Å². The lowest BCUT2D eigenvalue weighted by Crippen LogP contribution is -2.38. The fraction of sp³-hybridized carbons (Fsp3) is 0.294. The Morgan fingerprint density at radius 3 is 3.09 bits per heavy atom. The Bertz CT molecular complexity index is 727. The molecule has 0 saturated carbocycles. The number of ether oxygens (including phenoxy) is 1. The van der Waals surface area contributed by atoms with Crippen molar-refractivity contribution in [1.82, 2.24) is 9.88 Å². The quantitative estimate of drug-likeness (QED) is 0.810. The Balaban J connectivity index is 1.75. The van der Waals surface area contributed by atoms with E-state index >= 15 is 0 Å². The summed E-state index contributed by atoms with van der Waals surface area (Å²) in [5, 5.41) is 9.39. The highest BCUT2D eigenvalue weighted by molar-refractivity contribution is 6.31. The van der Waals surface area contributed by atoms with Crippen LogP contribution >= 0.6 is 11.6 Å². The van der Waals surface area contributed by atoms with Crippen molar-refractivity contribution in [1.29, 1.82) is 5.26 Å². The number of pyridine rings is 1. The van der Waals surface area contributed by atoms with Gasteiger partial charge in [-0.15, -0.1) is 0 Å². The number of halogens is 2. The second kappa shape index (κ2) is 7.05. The molecule has 1 fully saturated rings. The van der Waals surface area contributed by atoms with Gasteiger partial charge in [0.1, 0.15) is 0 Å². The molecule has 1 aromatic carbocycles. The minimum absolute atomic E-state index is 0.143. The van der Waals surface area contributed by atoms with E-state index < -0.39 is 5.95 Å². The van der Waals surface area contributed by atoms with Gasteiger partial charge in [-0.1, -0.05) is 23.7 Å². The van der Waals surface area contributed by atoms with Crippen LogP contribution in [0.2, 0.25) is 5.02 Å². The summed E-state index contributed by atoms with van der Waals surface area (Å²) in [7, 11) is 0. The summed E-state index contributed by atoms with van der Waals surface area (Å²) in [6, 6.07) is 11.1. The average molecular weight is 332 g/mol. The van der Waals surface area contributed by atoms with Crippen molar-refractivity contribution in [2.24, 2.45) is 0 Å². The van der Waals surface area contributed by atoms with Crippen molar-refractivity contribution in [3.63, 3.8) is 0 Å². The SMILES string of the molecule is N#Cc1cccc(C2CN(Cc3c(Cl)ccnc3F)CCO2)c1. The lowest BCUT2D eigenvalue weighted by Gasteiger charge is -2.33. The molecule has 0 amide bonds. The Hall–Kier alpha value is -2.00. The van der Waals surface area contributed by atoms with Crippen molar-refractivity contribution >= 4 is 11.6 Å². The molecule has 2 aromatic rings. The first kappa shape index (κ1) is 15.9. The zero-order valence-electron chi connectivity index (χ0n) is 12.4.